The Labute approximate surface area is 112 Å². The highest BCUT2D eigenvalue weighted by Crippen LogP contribution is 2.54. The molecule has 1 aliphatic heterocycles. The molecule has 1 saturated heterocycles. The number of hydrogen-bond donors (Lipinski definition) is 1. The summed E-state index contributed by atoms with van der Waals surface area (Å²) in [5.41, 5.74) is -1.08. The SMILES string of the molecule is C=C1C(=O)C=C[C@]2(C)C[C@H]3OC(=O)[C@](C)(O)[C@H]3C[C@@H]12. The van der Waals surface area contributed by atoms with Crippen molar-refractivity contribution < 1.29 is 19.4 Å². The number of rotatable bonds is 0. The van der Waals surface area contributed by atoms with Crippen LogP contribution in [0.1, 0.15) is 26.7 Å². The van der Waals surface area contributed by atoms with Crippen molar-refractivity contribution >= 4 is 11.8 Å². The van der Waals surface area contributed by atoms with Gasteiger partial charge in [0.15, 0.2) is 11.4 Å². The van der Waals surface area contributed by atoms with Crippen LogP contribution in [0.3, 0.4) is 0 Å². The third-order valence-corrected chi connectivity index (χ3v) is 5.12. The fourth-order valence-electron chi connectivity index (χ4n) is 3.79. The average molecular weight is 262 g/mol. The number of esters is 1. The van der Waals surface area contributed by atoms with Crippen molar-refractivity contribution in [2.45, 2.75) is 38.4 Å². The van der Waals surface area contributed by atoms with Gasteiger partial charge < -0.3 is 9.84 Å². The molecule has 1 heterocycles. The molecule has 3 aliphatic rings. The fraction of sp³-hybridized carbons (Fsp3) is 0.600. The first-order chi connectivity index (χ1) is 8.75. The van der Waals surface area contributed by atoms with Crippen LogP contribution in [-0.2, 0) is 14.3 Å². The van der Waals surface area contributed by atoms with Crippen molar-refractivity contribution in [2.75, 3.05) is 0 Å². The quantitative estimate of drug-likeness (QED) is 0.529. The standard InChI is InChI=1S/C15H18O4/c1-8-9-6-10-12(19-13(17)15(10,3)18)7-14(9,2)5-4-11(8)16/h4-5,9-10,12,18H,1,6-7H2,2-3H3/t9-,10-,12+,14+,15+/m0/s1. The lowest BCUT2D eigenvalue weighted by Crippen LogP contribution is -2.48. The molecule has 2 fully saturated rings. The molecule has 5 atom stereocenters. The number of aliphatic hydroxyl groups is 1. The number of carbonyl (C=O) groups excluding carboxylic acids is 2. The minimum atomic E-state index is -1.45. The van der Waals surface area contributed by atoms with E-state index in [2.05, 4.69) is 13.5 Å². The van der Waals surface area contributed by atoms with E-state index in [0.717, 1.165) is 0 Å². The molecule has 0 aromatic heterocycles. The van der Waals surface area contributed by atoms with E-state index in [1.54, 1.807) is 6.08 Å². The molecular weight excluding hydrogens is 244 g/mol. The second-order valence-corrected chi connectivity index (χ2v) is 6.42. The monoisotopic (exact) mass is 262 g/mol. The molecule has 4 heteroatoms. The van der Waals surface area contributed by atoms with Crippen LogP contribution in [0.25, 0.3) is 0 Å². The highest BCUT2D eigenvalue weighted by atomic mass is 16.6. The summed E-state index contributed by atoms with van der Waals surface area (Å²) < 4.78 is 5.32. The molecule has 0 radical (unpaired) electrons. The summed E-state index contributed by atoms with van der Waals surface area (Å²) in [6.45, 7) is 7.46. The van der Waals surface area contributed by atoms with Crippen molar-refractivity contribution in [1.29, 1.82) is 0 Å². The lowest BCUT2D eigenvalue weighted by molar-refractivity contribution is -0.154. The number of allylic oxidation sites excluding steroid dienone is 3. The Morgan fingerprint density at radius 3 is 2.79 bits per heavy atom. The summed E-state index contributed by atoms with van der Waals surface area (Å²) in [6.07, 6.45) is 4.40. The molecule has 1 saturated carbocycles. The van der Waals surface area contributed by atoms with Gasteiger partial charge in [-0.25, -0.2) is 4.79 Å². The van der Waals surface area contributed by atoms with E-state index >= 15 is 0 Å². The molecule has 0 spiro atoms. The van der Waals surface area contributed by atoms with Crippen LogP contribution >= 0.6 is 0 Å². The fourth-order valence-corrected chi connectivity index (χ4v) is 3.79. The van der Waals surface area contributed by atoms with E-state index in [1.165, 1.54) is 6.92 Å². The van der Waals surface area contributed by atoms with Gasteiger partial charge in [0.25, 0.3) is 0 Å². The van der Waals surface area contributed by atoms with Gasteiger partial charge in [0.1, 0.15) is 6.10 Å². The summed E-state index contributed by atoms with van der Waals surface area (Å²) in [7, 11) is 0. The van der Waals surface area contributed by atoms with Crippen molar-refractivity contribution in [3.8, 4) is 0 Å². The van der Waals surface area contributed by atoms with Gasteiger partial charge in [-0.1, -0.05) is 19.6 Å². The van der Waals surface area contributed by atoms with E-state index in [0.29, 0.717) is 18.4 Å². The van der Waals surface area contributed by atoms with Gasteiger partial charge in [0, 0.05) is 5.92 Å². The van der Waals surface area contributed by atoms with Crippen LogP contribution < -0.4 is 0 Å². The van der Waals surface area contributed by atoms with E-state index in [4.69, 9.17) is 4.74 Å². The van der Waals surface area contributed by atoms with Crippen LogP contribution in [0.5, 0.6) is 0 Å². The minimum Gasteiger partial charge on any atom is -0.460 e. The molecule has 4 nitrogen and oxygen atoms in total. The largest absolute Gasteiger partial charge is 0.460 e. The van der Waals surface area contributed by atoms with Crippen LogP contribution in [-0.4, -0.2) is 28.6 Å². The van der Waals surface area contributed by atoms with E-state index in [1.807, 2.05) is 6.08 Å². The first kappa shape index (κ1) is 12.6. The summed E-state index contributed by atoms with van der Waals surface area (Å²) in [6, 6.07) is 0. The predicted octanol–water partition coefficient (Wildman–Crippen LogP) is 1.39. The summed E-state index contributed by atoms with van der Waals surface area (Å²) in [5.74, 6) is -0.877. The maximum atomic E-state index is 11.8. The number of fused-ring (bicyclic) bond motifs is 2. The third-order valence-electron chi connectivity index (χ3n) is 5.12. The second kappa shape index (κ2) is 3.57. The molecule has 3 rings (SSSR count). The smallest absolute Gasteiger partial charge is 0.338 e. The van der Waals surface area contributed by atoms with Gasteiger partial charge in [-0.15, -0.1) is 0 Å². The zero-order valence-electron chi connectivity index (χ0n) is 11.2. The molecule has 0 aromatic carbocycles. The van der Waals surface area contributed by atoms with Crippen LogP contribution in [0.2, 0.25) is 0 Å². The lowest BCUT2D eigenvalue weighted by atomic mass is 9.57. The molecule has 19 heavy (non-hydrogen) atoms. The van der Waals surface area contributed by atoms with E-state index < -0.39 is 11.6 Å². The summed E-state index contributed by atoms with van der Waals surface area (Å²) >= 11 is 0. The predicted molar refractivity (Wildman–Crippen MR) is 68.1 cm³/mol. The third kappa shape index (κ3) is 1.56. The summed E-state index contributed by atoms with van der Waals surface area (Å²) in [4.78, 5) is 23.5. The molecule has 0 unspecified atom stereocenters. The molecule has 0 amide bonds. The second-order valence-electron chi connectivity index (χ2n) is 6.42. The zero-order valence-corrected chi connectivity index (χ0v) is 11.2. The van der Waals surface area contributed by atoms with Gasteiger partial charge in [0.05, 0.1) is 0 Å². The maximum Gasteiger partial charge on any atom is 0.338 e. The molecular formula is C15H18O4. The van der Waals surface area contributed by atoms with Crippen molar-refractivity contribution in [1.82, 2.24) is 0 Å². The highest BCUT2D eigenvalue weighted by Gasteiger charge is 2.60. The van der Waals surface area contributed by atoms with Gasteiger partial charge >= 0.3 is 5.97 Å². The molecule has 1 N–H and O–H groups in total. The number of carbonyl (C=O) groups is 2. The molecule has 2 aliphatic carbocycles. The Hall–Kier alpha value is -1.42. The number of ether oxygens (including phenoxy) is 1. The maximum absolute atomic E-state index is 11.8. The summed E-state index contributed by atoms with van der Waals surface area (Å²) in [5, 5.41) is 10.3. The Kier molecular flexibility index (Phi) is 2.37. The van der Waals surface area contributed by atoms with Crippen LogP contribution in [0.15, 0.2) is 24.3 Å². The van der Waals surface area contributed by atoms with Crippen molar-refractivity contribution in [3.05, 3.63) is 24.3 Å². The zero-order chi connectivity index (χ0) is 14.0. The average Bonchev–Trinajstić information content (AvgIpc) is 2.53. The number of ketones is 1. The normalized spacial score (nSPS) is 48.8. The Bertz CT molecular complexity index is 516. The van der Waals surface area contributed by atoms with Crippen LogP contribution in [0.4, 0.5) is 0 Å². The minimum absolute atomic E-state index is 0.0211. The molecule has 0 bridgehead atoms. The van der Waals surface area contributed by atoms with Gasteiger partial charge in [-0.05, 0) is 42.7 Å². The Morgan fingerprint density at radius 2 is 2.11 bits per heavy atom. The Balaban J connectivity index is 1.99. The topological polar surface area (TPSA) is 63.6 Å². The molecule has 0 aromatic rings. The van der Waals surface area contributed by atoms with E-state index in [-0.39, 0.29) is 29.1 Å². The van der Waals surface area contributed by atoms with E-state index in [9.17, 15) is 14.7 Å². The first-order valence-electron chi connectivity index (χ1n) is 6.61. The van der Waals surface area contributed by atoms with Gasteiger partial charge in [-0.2, -0.15) is 0 Å². The molecule has 102 valence electrons. The highest BCUT2D eigenvalue weighted by molar-refractivity contribution is 6.05. The van der Waals surface area contributed by atoms with Crippen molar-refractivity contribution in [3.63, 3.8) is 0 Å². The first-order valence-corrected chi connectivity index (χ1v) is 6.61. The van der Waals surface area contributed by atoms with Crippen molar-refractivity contribution in [2.24, 2.45) is 17.3 Å². The lowest BCUT2D eigenvalue weighted by Gasteiger charge is -2.47. The van der Waals surface area contributed by atoms with Crippen LogP contribution in [0, 0.1) is 17.3 Å². The van der Waals surface area contributed by atoms with Gasteiger partial charge in [-0.3, -0.25) is 4.79 Å². The Morgan fingerprint density at radius 1 is 1.42 bits per heavy atom. The van der Waals surface area contributed by atoms with Gasteiger partial charge in [0.2, 0.25) is 0 Å². The number of hydrogen-bond acceptors (Lipinski definition) is 4.